The highest BCUT2D eigenvalue weighted by molar-refractivity contribution is 5.88. The van der Waals surface area contributed by atoms with Crippen molar-refractivity contribution in [3.05, 3.63) is 11.4 Å². The molecule has 10 heteroatoms. The van der Waals surface area contributed by atoms with E-state index in [2.05, 4.69) is 38.1 Å². The lowest BCUT2D eigenvalue weighted by Gasteiger charge is -2.23. The normalized spacial score (nSPS) is 17.7. The Kier molecular flexibility index (Phi) is 4.49. The van der Waals surface area contributed by atoms with Crippen molar-refractivity contribution in [1.82, 2.24) is 35.4 Å². The monoisotopic (exact) mass is 320 g/mol. The van der Waals surface area contributed by atoms with Crippen molar-refractivity contribution in [2.45, 2.75) is 52.1 Å². The molecule has 3 rings (SSSR count). The fourth-order valence-electron chi connectivity index (χ4n) is 2.75. The van der Waals surface area contributed by atoms with Gasteiger partial charge in [0.1, 0.15) is 11.4 Å². The van der Waals surface area contributed by atoms with Crippen LogP contribution in [0, 0.1) is 6.92 Å². The highest BCUT2D eigenvalue weighted by Crippen LogP contribution is 2.32. The molecule has 0 spiro atoms. The second-order valence-electron chi connectivity index (χ2n) is 5.60. The highest BCUT2D eigenvalue weighted by Gasteiger charge is 2.34. The van der Waals surface area contributed by atoms with E-state index in [0.717, 1.165) is 25.7 Å². The molecule has 1 fully saturated rings. The van der Waals surface area contributed by atoms with Crippen molar-refractivity contribution >= 4 is 12.0 Å². The summed E-state index contributed by atoms with van der Waals surface area (Å²) in [5.41, 5.74) is 1.42. The Bertz CT molecular complexity index is 666. The van der Waals surface area contributed by atoms with Gasteiger partial charge in [-0.3, -0.25) is 5.32 Å². The molecule has 1 saturated heterocycles. The maximum Gasteiger partial charge on any atom is 0.324 e. The number of amides is 2. The molecular weight excluding hydrogens is 300 g/mol. The quantitative estimate of drug-likeness (QED) is 0.888. The number of aromatic nitrogens is 6. The van der Waals surface area contributed by atoms with E-state index in [1.54, 1.807) is 9.58 Å². The maximum absolute atomic E-state index is 12.6. The number of unbranched alkanes of at least 4 members (excludes halogenated alkanes) is 1. The molecule has 0 aromatic carbocycles. The summed E-state index contributed by atoms with van der Waals surface area (Å²) in [6.45, 7) is 5.24. The lowest BCUT2D eigenvalue weighted by molar-refractivity contribution is 0.203. The van der Waals surface area contributed by atoms with Crippen LogP contribution in [0.2, 0.25) is 0 Å². The number of carbonyl (C=O) groups is 1. The van der Waals surface area contributed by atoms with Gasteiger partial charge in [0, 0.05) is 13.1 Å². The molecule has 3 heterocycles. The Balaban J connectivity index is 1.70. The lowest BCUT2D eigenvalue weighted by Crippen LogP contribution is -2.35. The first kappa shape index (κ1) is 15.4. The predicted molar refractivity (Wildman–Crippen MR) is 79.5 cm³/mol. The minimum Gasteiger partial charge on any atom is -0.316 e. The first-order valence-corrected chi connectivity index (χ1v) is 7.83. The Morgan fingerprint density at radius 3 is 3.04 bits per heavy atom. The second kappa shape index (κ2) is 6.71. The lowest BCUT2D eigenvalue weighted by atomic mass is 10.1. The van der Waals surface area contributed by atoms with Crippen LogP contribution in [0.3, 0.4) is 0 Å². The van der Waals surface area contributed by atoms with Gasteiger partial charge in [-0.25, -0.2) is 14.1 Å². The first-order chi connectivity index (χ1) is 11.2. The summed E-state index contributed by atoms with van der Waals surface area (Å²) < 4.78 is 6.37. The number of hydrogen-bond acceptors (Lipinski definition) is 7. The molecule has 1 N–H and O–H groups in total. The predicted octanol–water partition coefficient (Wildman–Crippen LogP) is 1.53. The van der Waals surface area contributed by atoms with E-state index in [4.69, 9.17) is 4.63 Å². The number of nitrogens with one attached hydrogen (secondary N) is 1. The molecular formula is C13H20N8O2. The summed E-state index contributed by atoms with van der Waals surface area (Å²) in [4.78, 5) is 14.3. The van der Waals surface area contributed by atoms with Crippen LogP contribution in [-0.4, -0.2) is 48.0 Å². The number of aryl methyl sites for hydroxylation is 2. The van der Waals surface area contributed by atoms with E-state index in [-0.39, 0.29) is 12.1 Å². The highest BCUT2D eigenvalue weighted by atomic mass is 16.6. The average molecular weight is 320 g/mol. The molecule has 0 bridgehead atoms. The fourth-order valence-corrected chi connectivity index (χ4v) is 2.75. The molecule has 10 nitrogen and oxygen atoms in total. The fraction of sp³-hybridized carbons (Fsp3) is 0.692. The van der Waals surface area contributed by atoms with E-state index in [0.29, 0.717) is 30.4 Å². The Morgan fingerprint density at radius 2 is 2.30 bits per heavy atom. The molecule has 23 heavy (non-hydrogen) atoms. The van der Waals surface area contributed by atoms with Crippen LogP contribution in [0.15, 0.2) is 4.63 Å². The summed E-state index contributed by atoms with van der Waals surface area (Å²) in [6, 6.07) is -0.358. The molecule has 124 valence electrons. The third kappa shape index (κ3) is 3.15. The summed E-state index contributed by atoms with van der Waals surface area (Å²) in [5.74, 6) is 0.365. The zero-order valence-electron chi connectivity index (χ0n) is 13.3. The molecule has 2 amide bonds. The Labute approximate surface area is 133 Å². The second-order valence-corrected chi connectivity index (χ2v) is 5.60. The summed E-state index contributed by atoms with van der Waals surface area (Å²) >= 11 is 0. The van der Waals surface area contributed by atoms with Gasteiger partial charge in [0.15, 0.2) is 0 Å². The molecule has 1 atom stereocenters. The Hall–Kier alpha value is -2.52. The van der Waals surface area contributed by atoms with Gasteiger partial charge in [0.25, 0.3) is 5.95 Å². The van der Waals surface area contributed by atoms with E-state index in [1.807, 2.05) is 6.92 Å². The number of anilines is 1. The van der Waals surface area contributed by atoms with Gasteiger partial charge in [-0.1, -0.05) is 28.8 Å². The van der Waals surface area contributed by atoms with Crippen LogP contribution < -0.4 is 5.32 Å². The number of hydrogen-bond donors (Lipinski definition) is 1. The van der Waals surface area contributed by atoms with Gasteiger partial charge in [-0.05, 0) is 36.6 Å². The van der Waals surface area contributed by atoms with Crippen LogP contribution in [0.1, 0.15) is 50.0 Å². The van der Waals surface area contributed by atoms with Crippen LogP contribution in [-0.2, 0) is 6.54 Å². The topological polar surface area (TPSA) is 115 Å². The number of likely N-dealkylation sites (tertiary alicyclic amines) is 1. The summed E-state index contributed by atoms with van der Waals surface area (Å²) in [5, 5.41) is 21.9. The van der Waals surface area contributed by atoms with Crippen molar-refractivity contribution in [3.8, 4) is 0 Å². The van der Waals surface area contributed by atoms with Crippen LogP contribution in [0.5, 0.6) is 0 Å². The smallest absolute Gasteiger partial charge is 0.316 e. The van der Waals surface area contributed by atoms with Gasteiger partial charge in [0.2, 0.25) is 0 Å². The third-order valence-electron chi connectivity index (χ3n) is 3.99. The SMILES string of the molecule is CCCCn1nnnc1NC(=O)N1CCC[C@@H]1c1nonc1C. The van der Waals surface area contributed by atoms with Gasteiger partial charge in [-0.2, -0.15) is 0 Å². The van der Waals surface area contributed by atoms with Crippen molar-refractivity contribution in [3.63, 3.8) is 0 Å². The van der Waals surface area contributed by atoms with Crippen LogP contribution >= 0.6 is 0 Å². The van der Waals surface area contributed by atoms with Gasteiger partial charge >= 0.3 is 6.03 Å². The molecule has 1 aliphatic rings. The Morgan fingerprint density at radius 1 is 1.43 bits per heavy atom. The number of rotatable bonds is 5. The first-order valence-electron chi connectivity index (χ1n) is 7.83. The number of carbonyl (C=O) groups excluding carboxylic acids is 1. The largest absolute Gasteiger partial charge is 0.324 e. The third-order valence-corrected chi connectivity index (χ3v) is 3.99. The van der Waals surface area contributed by atoms with Crippen molar-refractivity contribution in [2.24, 2.45) is 0 Å². The number of nitrogens with zero attached hydrogens (tertiary/aromatic N) is 7. The molecule has 1 aliphatic heterocycles. The van der Waals surface area contributed by atoms with Gasteiger partial charge in [0.05, 0.1) is 6.04 Å². The zero-order valence-corrected chi connectivity index (χ0v) is 13.3. The average Bonchev–Trinajstić information content (AvgIpc) is 3.25. The van der Waals surface area contributed by atoms with Crippen molar-refractivity contribution in [1.29, 1.82) is 0 Å². The number of tetrazole rings is 1. The maximum atomic E-state index is 12.6. The van der Waals surface area contributed by atoms with Crippen LogP contribution in [0.4, 0.5) is 10.7 Å². The van der Waals surface area contributed by atoms with Crippen molar-refractivity contribution < 1.29 is 9.42 Å². The molecule has 0 aliphatic carbocycles. The molecule has 0 unspecified atom stereocenters. The van der Waals surface area contributed by atoms with Gasteiger partial charge in [-0.15, -0.1) is 0 Å². The molecule has 0 radical (unpaired) electrons. The molecule has 0 saturated carbocycles. The summed E-state index contributed by atoms with van der Waals surface area (Å²) in [6.07, 6.45) is 3.72. The zero-order chi connectivity index (χ0) is 16.2. The van der Waals surface area contributed by atoms with Gasteiger partial charge < -0.3 is 4.90 Å². The number of urea groups is 1. The van der Waals surface area contributed by atoms with E-state index in [9.17, 15) is 4.79 Å². The van der Waals surface area contributed by atoms with E-state index in [1.165, 1.54) is 0 Å². The molecule has 2 aromatic heterocycles. The minimum absolute atomic E-state index is 0.124. The molecule has 2 aromatic rings. The standard InChI is InChI=1S/C13H20N8O2/c1-3-4-8-21-12(15-18-19-21)14-13(22)20-7-5-6-10(20)11-9(2)16-23-17-11/h10H,3-8H2,1-2H3,(H,14,15,19,22)/t10-/m1/s1. The summed E-state index contributed by atoms with van der Waals surface area (Å²) in [7, 11) is 0. The van der Waals surface area contributed by atoms with E-state index >= 15 is 0 Å². The van der Waals surface area contributed by atoms with E-state index < -0.39 is 0 Å². The minimum atomic E-state index is -0.234. The van der Waals surface area contributed by atoms with Crippen LogP contribution in [0.25, 0.3) is 0 Å². The van der Waals surface area contributed by atoms with Crippen molar-refractivity contribution in [2.75, 3.05) is 11.9 Å².